The highest BCUT2D eigenvalue weighted by Gasteiger charge is 2.40. The minimum absolute atomic E-state index is 0. The number of hydrogen-bond donors (Lipinski definition) is 1. The Hall–Kier alpha value is -1.35. The minimum Gasteiger partial charge on any atom is -0.356 e. The van der Waals surface area contributed by atoms with Crippen LogP contribution >= 0.6 is 24.0 Å². The molecule has 0 spiro atoms. The van der Waals surface area contributed by atoms with Crippen molar-refractivity contribution in [3.63, 3.8) is 0 Å². The summed E-state index contributed by atoms with van der Waals surface area (Å²) < 4.78 is 23.6. The highest BCUT2D eigenvalue weighted by Crippen LogP contribution is 2.24. The van der Waals surface area contributed by atoms with Gasteiger partial charge in [0.1, 0.15) is 0 Å². The van der Waals surface area contributed by atoms with Gasteiger partial charge >= 0.3 is 0 Å². The Morgan fingerprint density at radius 2 is 1.89 bits per heavy atom. The van der Waals surface area contributed by atoms with Crippen molar-refractivity contribution in [2.75, 3.05) is 32.4 Å². The van der Waals surface area contributed by atoms with Crippen molar-refractivity contribution < 1.29 is 8.42 Å². The van der Waals surface area contributed by atoms with Gasteiger partial charge in [0.15, 0.2) is 15.8 Å². The van der Waals surface area contributed by atoms with Gasteiger partial charge < -0.3 is 10.2 Å². The molecule has 1 fully saturated rings. The Morgan fingerprint density at radius 3 is 2.59 bits per heavy atom. The quantitative estimate of drug-likeness (QED) is 0.399. The maximum absolute atomic E-state index is 12.2. The molecule has 5 nitrogen and oxygen atoms in total. The van der Waals surface area contributed by atoms with Crippen molar-refractivity contribution in [1.29, 1.82) is 0 Å². The molecule has 27 heavy (non-hydrogen) atoms. The van der Waals surface area contributed by atoms with E-state index in [9.17, 15) is 8.42 Å². The average molecular weight is 501 g/mol. The van der Waals surface area contributed by atoms with Crippen molar-refractivity contribution in [3.05, 3.63) is 48.0 Å². The molecule has 0 amide bonds. The molecule has 0 aromatic heterocycles. The van der Waals surface area contributed by atoms with E-state index in [0.717, 1.165) is 18.9 Å². The molecule has 2 aromatic rings. The molecule has 1 heterocycles. The molecule has 2 aromatic carbocycles. The van der Waals surface area contributed by atoms with E-state index in [2.05, 4.69) is 52.8 Å². The fourth-order valence-corrected chi connectivity index (χ4v) is 4.84. The molecule has 3 rings (SSSR count). The zero-order chi connectivity index (χ0) is 18.8. The smallest absolute Gasteiger partial charge is 0.193 e. The Bertz CT molecular complexity index is 920. The van der Waals surface area contributed by atoms with Crippen LogP contribution in [-0.4, -0.2) is 56.5 Å². The van der Waals surface area contributed by atoms with Crippen LogP contribution in [0.5, 0.6) is 0 Å². The first-order valence-corrected chi connectivity index (χ1v) is 10.6. The van der Waals surface area contributed by atoms with Crippen LogP contribution in [0, 0.1) is 0 Å². The third kappa shape index (κ3) is 4.74. The van der Waals surface area contributed by atoms with Gasteiger partial charge in [0.2, 0.25) is 0 Å². The number of aliphatic imine (C=N–C) groups is 1. The third-order valence-electron chi connectivity index (χ3n) is 5.11. The fourth-order valence-electron chi connectivity index (χ4n) is 3.48. The van der Waals surface area contributed by atoms with E-state index in [0.29, 0.717) is 13.1 Å². The molecular weight excluding hydrogens is 473 g/mol. The zero-order valence-electron chi connectivity index (χ0n) is 16.1. The lowest BCUT2D eigenvalue weighted by Gasteiger charge is -2.39. The SMILES string of the molecule is CN=C(NCCc1cccc2ccccc12)N1CCS(=O)(=O)C(C)(C)C1.I. The second-order valence-corrected chi connectivity index (χ2v) is 10.1. The van der Waals surface area contributed by atoms with Crippen molar-refractivity contribution >= 4 is 50.5 Å². The highest BCUT2D eigenvalue weighted by atomic mass is 127. The lowest BCUT2D eigenvalue weighted by molar-refractivity contribution is 0.353. The van der Waals surface area contributed by atoms with E-state index in [1.807, 2.05) is 4.90 Å². The Labute approximate surface area is 179 Å². The van der Waals surface area contributed by atoms with Gasteiger partial charge in [-0.25, -0.2) is 8.42 Å². The topological polar surface area (TPSA) is 61.8 Å². The van der Waals surface area contributed by atoms with Gasteiger partial charge in [0, 0.05) is 26.7 Å². The first-order chi connectivity index (χ1) is 12.3. The lowest BCUT2D eigenvalue weighted by Crippen LogP contribution is -2.57. The lowest BCUT2D eigenvalue weighted by atomic mass is 10.0. The summed E-state index contributed by atoms with van der Waals surface area (Å²) in [5.41, 5.74) is 1.30. The molecule has 0 bridgehead atoms. The van der Waals surface area contributed by atoms with Gasteiger partial charge in [-0.05, 0) is 36.6 Å². The van der Waals surface area contributed by atoms with E-state index >= 15 is 0 Å². The summed E-state index contributed by atoms with van der Waals surface area (Å²) in [4.78, 5) is 6.40. The van der Waals surface area contributed by atoms with E-state index in [1.165, 1.54) is 16.3 Å². The highest BCUT2D eigenvalue weighted by molar-refractivity contribution is 14.0. The van der Waals surface area contributed by atoms with Gasteiger partial charge in [-0.15, -0.1) is 24.0 Å². The monoisotopic (exact) mass is 501 g/mol. The Kier molecular flexibility index (Phi) is 7.13. The van der Waals surface area contributed by atoms with Crippen LogP contribution < -0.4 is 5.32 Å². The van der Waals surface area contributed by atoms with E-state index < -0.39 is 14.6 Å². The van der Waals surface area contributed by atoms with Gasteiger partial charge in [-0.1, -0.05) is 42.5 Å². The van der Waals surface area contributed by atoms with Crippen LogP contribution in [0.4, 0.5) is 0 Å². The second-order valence-electron chi connectivity index (χ2n) is 7.36. The maximum atomic E-state index is 12.2. The van der Waals surface area contributed by atoms with Crippen LogP contribution in [0.1, 0.15) is 19.4 Å². The number of hydrogen-bond acceptors (Lipinski definition) is 3. The van der Waals surface area contributed by atoms with Crippen molar-refractivity contribution in [3.8, 4) is 0 Å². The first-order valence-electron chi connectivity index (χ1n) is 8.99. The molecule has 0 radical (unpaired) electrons. The molecule has 0 atom stereocenters. The molecule has 148 valence electrons. The number of fused-ring (bicyclic) bond motifs is 1. The standard InChI is InChI=1S/C20H27N3O2S.HI/c1-20(2)15-23(13-14-26(20,24)25)19(21-3)22-12-11-17-9-6-8-16-7-4-5-10-18(16)17;/h4-10H,11-15H2,1-3H3,(H,21,22);1H. The number of sulfone groups is 1. The summed E-state index contributed by atoms with van der Waals surface area (Å²) in [6.07, 6.45) is 0.885. The summed E-state index contributed by atoms with van der Waals surface area (Å²) in [6, 6.07) is 14.8. The van der Waals surface area contributed by atoms with Crippen molar-refractivity contribution in [2.45, 2.75) is 25.0 Å². The predicted molar refractivity (Wildman–Crippen MR) is 124 cm³/mol. The number of rotatable bonds is 3. The summed E-state index contributed by atoms with van der Waals surface area (Å²) in [5, 5.41) is 5.92. The summed E-state index contributed by atoms with van der Waals surface area (Å²) >= 11 is 0. The Balaban J connectivity index is 0.00000261. The van der Waals surface area contributed by atoms with Gasteiger partial charge in [0.25, 0.3) is 0 Å². The van der Waals surface area contributed by atoms with Crippen LogP contribution in [0.3, 0.4) is 0 Å². The molecule has 0 saturated carbocycles. The average Bonchev–Trinajstić information content (AvgIpc) is 2.61. The molecule has 0 unspecified atom stereocenters. The normalized spacial score (nSPS) is 18.8. The number of benzene rings is 2. The predicted octanol–water partition coefficient (Wildman–Crippen LogP) is 3.08. The summed E-state index contributed by atoms with van der Waals surface area (Å²) in [7, 11) is -1.30. The number of guanidine groups is 1. The Morgan fingerprint density at radius 1 is 1.19 bits per heavy atom. The molecule has 1 aliphatic heterocycles. The molecule has 0 aliphatic carbocycles. The third-order valence-corrected chi connectivity index (χ3v) is 7.65. The van der Waals surface area contributed by atoms with E-state index in [4.69, 9.17) is 0 Å². The van der Waals surface area contributed by atoms with Gasteiger partial charge in [-0.2, -0.15) is 0 Å². The van der Waals surface area contributed by atoms with Crippen molar-refractivity contribution in [1.82, 2.24) is 10.2 Å². The van der Waals surface area contributed by atoms with Crippen molar-refractivity contribution in [2.24, 2.45) is 4.99 Å². The molecular formula is C20H28IN3O2S. The number of nitrogens with zero attached hydrogens (tertiary/aromatic N) is 2. The van der Waals surface area contributed by atoms with Gasteiger partial charge in [0.05, 0.1) is 10.5 Å². The minimum atomic E-state index is -3.05. The molecule has 1 saturated heterocycles. The van der Waals surface area contributed by atoms with Gasteiger partial charge in [-0.3, -0.25) is 4.99 Å². The molecule has 1 N–H and O–H groups in total. The molecule has 1 aliphatic rings. The fraction of sp³-hybridized carbons (Fsp3) is 0.450. The second kappa shape index (κ2) is 8.77. The van der Waals surface area contributed by atoms with Crippen LogP contribution in [-0.2, 0) is 16.3 Å². The number of halogens is 1. The van der Waals surface area contributed by atoms with E-state index in [1.54, 1.807) is 20.9 Å². The number of nitrogens with one attached hydrogen (secondary N) is 1. The largest absolute Gasteiger partial charge is 0.356 e. The first kappa shape index (κ1) is 21.9. The maximum Gasteiger partial charge on any atom is 0.193 e. The van der Waals surface area contributed by atoms with Crippen LogP contribution in [0.15, 0.2) is 47.5 Å². The molecule has 7 heteroatoms. The summed E-state index contributed by atoms with van der Waals surface area (Å²) in [5.74, 6) is 0.942. The van der Waals surface area contributed by atoms with Crippen LogP contribution in [0.25, 0.3) is 10.8 Å². The van der Waals surface area contributed by atoms with E-state index in [-0.39, 0.29) is 29.7 Å². The summed E-state index contributed by atoms with van der Waals surface area (Å²) in [6.45, 7) is 5.28. The zero-order valence-corrected chi connectivity index (χ0v) is 19.3. The van der Waals surface area contributed by atoms with Crippen LogP contribution in [0.2, 0.25) is 0 Å².